The molecule has 0 spiro atoms. The normalized spacial score (nSPS) is 11.1. The van der Waals surface area contributed by atoms with Gasteiger partial charge in [-0.05, 0) is 36.2 Å². The van der Waals surface area contributed by atoms with Crippen molar-refractivity contribution in [1.29, 1.82) is 0 Å². The molecule has 0 saturated heterocycles. The average Bonchev–Trinajstić information content (AvgIpc) is 3.20. The van der Waals surface area contributed by atoms with E-state index in [2.05, 4.69) is 46.5 Å². The van der Waals surface area contributed by atoms with Crippen molar-refractivity contribution in [3.63, 3.8) is 0 Å². The van der Waals surface area contributed by atoms with E-state index in [1.807, 2.05) is 54.6 Å². The Morgan fingerprint density at radius 3 is 2.40 bits per heavy atom. The number of nitrogens with one attached hydrogen (secondary N) is 2. The summed E-state index contributed by atoms with van der Waals surface area (Å²) in [7, 11) is 0. The Labute approximate surface area is 173 Å². The molecule has 3 aromatic carbocycles. The highest BCUT2D eigenvalue weighted by Crippen LogP contribution is 2.26. The number of aromatic amines is 1. The minimum atomic E-state index is -0.223. The average molecular weight is 392 g/mol. The Hall–Kier alpha value is -3.99. The largest absolute Gasteiger partial charge is 0.324 e. The van der Waals surface area contributed by atoms with E-state index in [4.69, 9.17) is 4.98 Å². The standard InChI is InChI=1S/C25H20N4O/c1-2-16-11-13-17(14-12-16)23-15-19(18-7-3-4-8-20(18)26-23)24(30)29-25-27-21-9-5-6-10-22(21)28-25/h3-15H,2H2,1H3,(H2,27,28,29,30). The lowest BCUT2D eigenvalue weighted by atomic mass is 10.0. The van der Waals surface area contributed by atoms with Gasteiger partial charge in [-0.2, -0.15) is 0 Å². The summed E-state index contributed by atoms with van der Waals surface area (Å²) >= 11 is 0. The van der Waals surface area contributed by atoms with Crippen LogP contribution in [0.1, 0.15) is 22.8 Å². The van der Waals surface area contributed by atoms with Crippen LogP contribution >= 0.6 is 0 Å². The molecule has 5 heteroatoms. The summed E-state index contributed by atoms with van der Waals surface area (Å²) in [6, 6.07) is 25.5. The number of carbonyl (C=O) groups excluding carboxylic acids is 1. The molecule has 1 amide bonds. The van der Waals surface area contributed by atoms with Crippen molar-refractivity contribution in [1.82, 2.24) is 15.0 Å². The smallest absolute Gasteiger partial charge is 0.258 e. The quantitative estimate of drug-likeness (QED) is 0.419. The van der Waals surface area contributed by atoms with Gasteiger partial charge in [0.2, 0.25) is 5.95 Å². The zero-order valence-corrected chi connectivity index (χ0v) is 16.5. The molecule has 0 bridgehead atoms. The number of benzene rings is 3. The Morgan fingerprint density at radius 2 is 1.63 bits per heavy atom. The number of aromatic nitrogens is 3. The number of anilines is 1. The summed E-state index contributed by atoms with van der Waals surface area (Å²) in [6.45, 7) is 2.13. The van der Waals surface area contributed by atoms with Crippen molar-refractivity contribution in [3.8, 4) is 11.3 Å². The van der Waals surface area contributed by atoms with Crippen molar-refractivity contribution >= 4 is 33.8 Å². The number of fused-ring (bicyclic) bond motifs is 2. The third-order valence-corrected chi connectivity index (χ3v) is 5.24. The van der Waals surface area contributed by atoms with Gasteiger partial charge in [-0.3, -0.25) is 10.1 Å². The number of pyridine rings is 1. The molecule has 5 aromatic rings. The highest BCUT2D eigenvalue weighted by Gasteiger charge is 2.15. The van der Waals surface area contributed by atoms with Crippen LogP contribution in [0.3, 0.4) is 0 Å². The first-order valence-corrected chi connectivity index (χ1v) is 9.96. The fraction of sp³-hybridized carbons (Fsp3) is 0.0800. The SMILES string of the molecule is CCc1ccc(-c2cc(C(=O)Nc3nc4ccccc4[nH]3)c3ccccc3n2)cc1. The Morgan fingerprint density at radius 1 is 0.900 bits per heavy atom. The molecule has 0 atom stereocenters. The van der Waals surface area contributed by atoms with Gasteiger partial charge in [0.1, 0.15) is 0 Å². The second-order valence-corrected chi connectivity index (χ2v) is 7.18. The second kappa shape index (κ2) is 7.44. The van der Waals surface area contributed by atoms with E-state index in [1.54, 1.807) is 0 Å². The van der Waals surface area contributed by atoms with Crippen molar-refractivity contribution in [2.45, 2.75) is 13.3 Å². The highest BCUT2D eigenvalue weighted by molar-refractivity contribution is 6.12. The van der Waals surface area contributed by atoms with Gasteiger partial charge < -0.3 is 4.98 Å². The lowest BCUT2D eigenvalue weighted by Crippen LogP contribution is -2.14. The first kappa shape index (κ1) is 18.1. The molecule has 0 unspecified atom stereocenters. The van der Waals surface area contributed by atoms with Crippen molar-refractivity contribution < 1.29 is 4.79 Å². The maximum absolute atomic E-state index is 13.2. The number of H-pyrrole nitrogens is 1. The van der Waals surface area contributed by atoms with Crippen molar-refractivity contribution in [2.75, 3.05) is 5.32 Å². The summed E-state index contributed by atoms with van der Waals surface area (Å²) in [4.78, 5) is 25.6. The van der Waals surface area contributed by atoms with E-state index in [0.717, 1.165) is 39.6 Å². The summed E-state index contributed by atoms with van der Waals surface area (Å²) in [5.41, 5.74) is 6.05. The van der Waals surface area contributed by atoms with Gasteiger partial charge in [-0.15, -0.1) is 0 Å². The fourth-order valence-electron chi connectivity index (χ4n) is 3.61. The molecule has 30 heavy (non-hydrogen) atoms. The number of amides is 1. The van der Waals surface area contributed by atoms with Crippen molar-refractivity contribution in [3.05, 3.63) is 90.0 Å². The van der Waals surface area contributed by atoms with Crippen LogP contribution < -0.4 is 5.32 Å². The molecule has 0 radical (unpaired) electrons. The molecule has 5 nitrogen and oxygen atoms in total. The van der Waals surface area contributed by atoms with E-state index in [0.29, 0.717) is 11.5 Å². The van der Waals surface area contributed by atoms with Crippen molar-refractivity contribution in [2.24, 2.45) is 0 Å². The first-order valence-electron chi connectivity index (χ1n) is 9.96. The third-order valence-electron chi connectivity index (χ3n) is 5.24. The van der Waals surface area contributed by atoms with Gasteiger partial charge in [-0.1, -0.05) is 61.5 Å². The van der Waals surface area contributed by atoms with E-state index < -0.39 is 0 Å². The third kappa shape index (κ3) is 3.31. The predicted molar refractivity (Wildman–Crippen MR) is 121 cm³/mol. The Bertz CT molecular complexity index is 1340. The molecule has 2 N–H and O–H groups in total. The highest BCUT2D eigenvalue weighted by atomic mass is 16.1. The molecule has 146 valence electrons. The summed E-state index contributed by atoms with van der Waals surface area (Å²) in [5, 5.41) is 3.71. The minimum absolute atomic E-state index is 0.223. The summed E-state index contributed by atoms with van der Waals surface area (Å²) < 4.78 is 0. The van der Waals surface area contributed by atoms with Crippen LogP contribution in [0.2, 0.25) is 0 Å². The maximum Gasteiger partial charge on any atom is 0.258 e. The molecule has 0 aliphatic heterocycles. The Balaban J connectivity index is 1.56. The minimum Gasteiger partial charge on any atom is -0.324 e. The van der Waals surface area contributed by atoms with E-state index in [9.17, 15) is 4.79 Å². The second-order valence-electron chi connectivity index (χ2n) is 7.18. The number of rotatable bonds is 4. The molecule has 2 aromatic heterocycles. The molecule has 0 fully saturated rings. The van der Waals surface area contributed by atoms with Crippen LogP contribution in [0.15, 0.2) is 78.9 Å². The zero-order valence-electron chi connectivity index (χ0n) is 16.5. The lowest BCUT2D eigenvalue weighted by molar-refractivity contribution is 0.102. The lowest BCUT2D eigenvalue weighted by Gasteiger charge is -2.10. The molecular formula is C25H20N4O. The number of aryl methyl sites for hydroxylation is 1. The summed E-state index contributed by atoms with van der Waals surface area (Å²) in [5.74, 6) is 0.204. The predicted octanol–water partition coefficient (Wildman–Crippen LogP) is 5.59. The van der Waals surface area contributed by atoms with Crippen LogP contribution in [0.4, 0.5) is 5.95 Å². The number of hydrogen-bond acceptors (Lipinski definition) is 3. The van der Waals surface area contributed by atoms with E-state index >= 15 is 0 Å². The van der Waals surface area contributed by atoms with Crippen LogP contribution in [-0.4, -0.2) is 20.9 Å². The summed E-state index contributed by atoms with van der Waals surface area (Å²) in [6.07, 6.45) is 0.983. The Kier molecular flexibility index (Phi) is 4.48. The van der Waals surface area contributed by atoms with Gasteiger partial charge in [-0.25, -0.2) is 9.97 Å². The molecule has 0 saturated carbocycles. The van der Waals surface area contributed by atoms with Crippen LogP contribution in [-0.2, 0) is 6.42 Å². The van der Waals surface area contributed by atoms with E-state index in [1.165, 1.54) is 5.56 Å². The number of nitrogens with zero attached hydrogens (tertiary/aromatic N) is 2. The number of carbonyl (C=O) groups is 1. The van der Waals surface area contributed by atoms with Crippen LogP contribution in [0.25, 0.3) is 33.2 Å². The maximum atomic E-state index is 13.2. The van der Waals surface area contributed by atoms with Gasteiger partial charge in [0.25, 0.3) is 5.91 Å². The van der Waals surface area contributed by atoms with Crippen LogP contribution in [0.5, 0.6) is 0 Å². The van der Waals surface area contributed by atoms with Gasteiger partial charge >= 0.3 is 0 Å². The fourth-order valence-corrected chi connectivity index (χ4v) is 3.61. The molecule has 5 rings (SSSR count). The van der Waals surface area contributed by atoms with E-state index in [-0.39, 0.29) is 5.91 Å². The van der Waals surface area contributed by atoms with Crippen LogP contribution in [0, 0.1) is 0 Å². The van der Waals surface area contributed by atoms with Gasteiger partial charge in [0, 0.05) is 10.9 Å². The molecule has 0 aliphatic carbocycles. The first-order chi connectivity index (χ1) is 14.7. The monoisotopic (exact) mass is 392 g/mol. The number of imidazole rings is 1. The number of hydrogen-bond donors (Lipinski definition) is 2. The molecule has 0 aliphatic rings. The molecular weight excluding hydrogens is 372 g/mol. The topological polar surface area (TPSA) is 70.7 Å². The number of para-hydroxylation sites is 3. The van der Waals surface area contributed by atoms with Gasteiger partial charge in [0.15, 0.2) is 0 Å². The van der Waals surface area contributed by atoms with Gasteiger partial charge in [0.05, 0.1) is 27.8 Å². The zero-order chi connectivity index (χ0) is 20.5. The molecule has 2 heterocycles.